The van der Waals surface area contributed by atoms with E-state index in [1.165, 1.54) is 33.0 Å². The average Bonchev–Trinajstić information content (AvgIpc) is 3.15. The van der Waals surface area contributed by atoms with E-state index in [2.05, 4.69) is 10.2 Å². The van der Waals surface area contributed by atoms with Gasteiger partial charge in [0.15, 0.2) is 5.82 Å². The molecular weight excluding hydrogens is 436 g/mol. The summed E-state index contributed by atoms with van der Waals surface area (Å²) in [5.41, 5.74) is 0. The maximum atomic E-state index is 13.2. The van der Waals surface area contributed by atoms with Crippen LogP contribution in [0.2, 0.25) is 5.02 Å². The molecule has 1 aliphatic heterocycles. The van der Waals surface area contributed by atoms with E-state index in [1.54, 1.807) is 37.4 Å². The second-order valence-corrected chi connectivity index (χ2v) is 9.38. The molecule has 0 amide bonds. The molecule has 0 spiro atoms. The smallest absolute Gasteiger partial charge is 0.277 e. The van der Waals surface area contributed by atoms with E-state index in [-0.39, 0.29) is 18.0 Å². The molecule has 1 aliphatic rings. The van der Waals surface area contributed by atoms with Crippen LogP contribution in [0, 0.1) is 0 Å². The zero-order valence-corrected chi connectivity index (χ0v) is 17.7. The number of benzene rings is 2. The Morgan fingerprint density at radius 3 is 2.72 bits per heavy atom. The zero-order valence-electron chi connectivity index (χ0n) is 15.4. The van der Waals surface area contributed by atoms with Gasteiger partial charge in [-0.1, -0.05) is 35.5 Å². The molecule has 0 aliphatic carbocycles. The standard InChI is InChI=1S/C18H17ClN4O4S2/c1-26-14-5-3-6-15(11-14)27-12-17-20-21-18-23(17)22(8-9-28-18)29(24,25)16-7-2-4-13(19)10-16/h2-7,10-11H,8-9,12H2,1H3. The number of rotatable bonds is 6. The van der Waals surface area contributed by atoms with Gasteiger partial charge in [0.2, 0.25) is 5.16 Å². The van der Waals surface area contributed by atoms with Gasteiger partial charge in [-0.05, 0) is 30.3 Å². The minimum atomic E-state index is -3.84. The number of sulfonamides is 1. The topological polar surface area (TPSA) is 86.6 Å². The predicted molar refractivity (Wildman–Crippen MR) is 110 cm³/mol. The lowest BCUT2D eigenvalue weighted by molar-refractivity contribution is 0.286. The number of methoxy groups -OCH3 is 1. The summed E-state index contributed by atoms with van der Waals surface area (Å²) in [5, 5.41) is 9.09. The predicted octanol–water partition coefficient (Wildman–Crippen LogP) is 2.95. The highest BCUT2D eigenvalue weighted by molar-refractivity contribution is 7.99. The van der Waals surface area contributed by atoms with E-state index in [0.717, 1.165) is 0 Å². The highest BCUT2D eigenvalue weighted by Crippen LogP contribution is 2.28. The third-order valence-electron chi connectivity index (χ3n) is 4.19. The van der Waals surface area contributed by atoms with E-state index >= 15 is 0 Å². The SMILES string of the molecule is COc1cccc(OCc2nnc3n2N(S(=O)(=O)c2cccc(Cl)c2)CCS3)c1. The Morgan fingerprint density at radius 1 is 1.14 bits per heavy atom. The van der Waals surface area contributed by atoms with Crippen LogP contribution in [0.1, 0.15) is 5.82 Å². The largest absolute Gasteiger partial charge is 0.497 e. The van der Waals surface area contributed by atoms with E-state index in [4.69, 9.17) is 21.1 Å². The second kappa shape index (κ2) is 8.13. The molecule has 0 saturated heterocycles. The molecule has 0 radical (unpaired) electrons. The van der Waals surface area contributed by atoms with E-state index in [1.807, 2.05) is 6.07 Å². The van der Waals surface area contributed by atoms with Gasteiger partial charge in [0, 0.05) is 16.8 Å². The fraction of sp³-hybridized carbons (Fsp3) is 0.222. The van der Waals surface area contributed by atoms with Gasteiger partial charge in [0.25, 0.3) is 10.0 Å². The molecule has 2 heterocycles. The Balaban J connectivity index is 1.64. The molecule has 0 bridgehead atoms. The molecule has 0 N–H and O–H groups in total. The van der Waals surface area contributed by atoms with E-state index < -0.39 is 10.0 Å². The van der Waals surface area contributed by atoms with Crippen molar-refractivity contribution in [2.45, 2.75) is 16.7 Å². The summed E-state index contributed by atoms with van der Waals surface area (Å²) in [6.07, 6.45) is 0. The van der Waals surface area contributed by atoms with Crippen molar-refractivity contribution >= 4 is 33.4 Å². The van der Waals surface area contributed by atoms with Crippen molar-refractivity contribution in [3.05, 3.63) is 59.4 Å². The number of fused-ring (bicyclic) bond motifs is 1. The quantitative estimate of drug-likeness (QED) is 0.568. The van der Waals surface area contributed by atoms with Crippen LogP contribution in [-0.2, 0) is 16.6 Å². The monoisotopic (exact) mass is 452 g/mol. The fourth-order valence-electron chi connectivity index (χ4n) is 2.83. The molecule has 29 heavy (non-hydrogen) atoms. The second-order valence-electron chi connectivity index (χ2n) is 6.03. The number of halogens is 1. The highest BCUT2D eigenvalue weighted by atomic mass is 35.5. The van der Waals surface area contributed by atoms with Crippen LogP contribution in [0.4, 0.5) is 0 Å². The first-order valence-corrected chi connectivity index (χ1v) is 11.4. The first-order valence-electron chi connectivity index (χ1n) is 8.61. The van der Waals surface area contributed by atoms with Crippen LogP contribution in [0.3, 0.4) is 0 Å². The van der Waals surface area contributed by atoms with Crippen LogP contribution in [0.15, 0.2) is 58.6 Å². The normalized spacial score (nSPS) is 13.8. The number of hydrogen-bond donors (Lipinski definition) is 0. The molecule has 0 fully saturated rings. The summed E-state index contributed by atoms with van der Waals surface area (Å²) in [4.78, 5) is 0.108. The number of ether oxygens (including phenoxy) is 2. The number of hydrogen-bond acceptors (Lipinski definition) is 7. The van der Waals surface area contributed by atoms with Gasteiger partial charge >= 0.3 is 0 Å². The first-order chi connectivity index (χ1) is 14.0. The van der Waals surface area contributed by atoms with Crippen molar-refractivity contribution in [2.24, 2.45) is 0 Å². The summed E-state index contributed by atoms with van der Waals surface area (Å²) in [6, 6.07) is 13.3. The van der Waals surface area contributed by atoms with Gasteiger partial charge < -0.3 is 9.47 Å². The minimum absolute atomic E-state index is 0.0439. The van der Waals surface area contributed by atoms with Crippen LogP contribution in [0.25, 0.3) is 0 Å². The lowest BCUT2D eigenvalue weighted by atomic mass is 10.3. The Kier molecular flexibility index (Phi) is 5.57. The Bertz CT molecular complexity index is 1140. The van der Waals surface area contributed by atoms with E-state index in [0.29, 0.717) is 33.3 Å². The van der Waals surface area contributed by atoms with Gasteiger partial charge in [-0.2, -0.15) is 17.5 Å². The van der Waals surface area contributed by atoms with E-state index in [9.17, 15) is 8.42 Å². The first kappa shape index (κ1) is 19.9. The number of aromatic nitrogens is 3. The van der Waals surface area contributed by atoms with Crippen molar-refractivity contribution in [2.75, 3.05) is 23.8 Å². The number of thioether (sulfide) groups is 1. The maximum absolute atomic E-state index is 13.2. The van der Waals surface area contributed by atoms with Crippen molar-refractivity contribution in [1.82, 2.24) is 14.9 Å². The molecule has 4 rings (SSSR count). The average molecular weight is 453 g/mol. The van der Waals surface area contributed by atoms with Gasteiger partial charge in [-0.15, -0.1) is 10.2 Å². The van der Waals surface area contributed by atoms with Gasteiger partial charge in [0.05, 0.1) is 18.6 Å². The molecule has 152 valence electrons. The molecule has 2 aromatic carbocycles. The molecule has 3 aromatic rings. The van der Waals surface area contributed by atoms with Gasteiger partial charge in [-0.25, -0.2) is 0 Å². The summed E-state index contributed by atoms with van der Waals surface area (Å²) >= 11 is 7.43. The molecular formula is C18H17ClN4O4S2. The van der Waals surface area contributed by atoms with Gasteiger partial charge in [0.1, 0.15) is 18.1 Å². The third kappa shape index (κ3) is 4.00. The Morgan fingerprint density at radius 2 is 1.93 bits per heavy atom. The summed E-state index contributed by atoms with van der Waals surface area (Å²) in [5.74, 6) is 2.18. The summed E-state index contributed by atoms with van der Waals surface area (Å²) in [6.45, 7) is 0.318. The van der Waals surface area contributed by atoms with Crippen molar-refractivity contribution in [1.29, 1.82) is 0 Å². The molecule has 8 nitrogen and oxygen atoms in total. The molecule has 0 atom stereocenters. The van der Waals surface area contributed by atoms with Crippen LogP contribution >= 0.6 is 23.4 Å². The fourth-order valence-corrected chi connectivity index (χ4v) is 5.61. The van der Waals surface area contributed by atoms with Crippen LogP contribution < -0.4 is 13.9 Å². The molecule has 0 unspecified atom stereocenters. The Hall–Kier alpha value is -2.43. The highest BCUT2D eigenvalue weighted by Gasteiger charge is 2.33. The maximum Gasteiger partial charge on any atom is 0.277 e. The Labute approximate surface area is 177 Å². The molecule has 0 saturated carbocycles. The van der Waals surface area contributed by atoms with Crippen molar-refractivity contribution in [3.8, 4) is 11.5 Å². The van der Waals surface area contributed by atoms with Crippen molar-refractivity contribution < 1.29 is 17.9 Å². The lowest BCUT2D eigenvalue weighted by Crippen LogP contribution is -2.45. The minimum Gasteiger partial charge on any atom is -0.497 e. The number of nitrogens with zero attached hydrogens (tertiary/aromatic N) is 4. The summed E-state index contributed by atoms with van der Waals surface area (Å²) < 4.78 is 40.2. The molecule has 1 aromatic heterocycles. The lowest BCUT2D eigenvalue weighted by Gasteiger charge is -2.30. The molecule has 11 heteroatoms. The van der Waals surface area contributed by atoms with Crippen LogP contribution in [0.5, 0.6) is 11.5 Å². The van der Waals surface area contributed by atoms with Crippen molar-refractivity contribution in [3.63, 3.8) is 0 Å². The zero-order chi connectivity index (χ0) is 20.4. The van der Waals surface area contributed by atoms with Crippen LogP contribution in [-0.4, -0.2) is 42.7 Å². The third-order valence-corrected chi connectivity index (χ3v) is 7.08. The summed E-state index contributed by atoms with van der Waals surface area (Å²) in [7, 11) is -2.27. The van der Waals surface area contributed by atoms with Gasteiger partial charge in [-0.3, -0.25) is 0 Å².